The van der Waals surface area contributed by atoms with Gasteiger partial charge < -0.3 is 9.72 Å². The van der Waals surface area contributed by atoms with Crippen molar-refractivity contribution in [3.63, 3.8) is 0 Å². The Hall–Kier alpha value is -3.06. The van der Waals surface area contributed by atoms with E-state index in [4.69, 9.17) is 4.74 Å². The molecule has 2 aromatic carbocycles. The molecule has 3 aromatic rings. The van der Waals surface area contributed by atoms with Crippen molar-refractivity contribution in [2.24, 2.45) is 0 Å². The first-order valence-corrected chi connectivity index (χ1v) is 7.60. The predicted molar refractivity (Wildman–Crippen MR) is 91.8 cm³/mol. The summed E-state index contributed by atoms with van der Waals surface area (Å²) < 4.78 is 5.56. The first kappa shape index (κ1) is 14.9. The van der Waals surface area contributed by atoms with E-state index in [0.717, 1.165) is 28.8 Å². The molecule has 0 atom stereocenters. The van der Waals surface area contributed by atoms with Crippen LogP contribution in [0.15, 0.2) is 48.5 Å². The van der Waals surface area contributed by atoms with Gasteiger partial charge in [-0.25, -0.2) is 4.98 Å². The molecule has 4 nitrogen and oxygen atoms in total. The lowest BCUT2D eigenvalue weighted by Crippen LogP contribution is -1.94. The second-order valence-electron chi connectivity index (χ2n) is 5.19. The van der Waals surface area contributed by atoms with Crippen molar-refractivity contribution in [2.75, 3.05) is 6.61 Å². The molecule has 114 valence electrons. The summed E-state index contributed by atoms with van der Waals surface area (Å²) in [5, 5.41) is 9.43. The molecule has 0 aliphatic rings. The average molecular weight is 303 g/mol. The molecule has 3 rings (SSSR count). The number of benzene rings is 2. The van der Waals surface area contributed by atoms with E-state index >= 15 is 0 Å². The summed E-state index contributed by atoms with van der Waals surface area (Å²) >= 11 is 0. The summed E-state index contributed by atoms with van der Waals surface area (Å²) in [5.41, 5.74) is 3.22. The molecule has 1 aromatic heterocycles. The van der Waals surface area contributed by atoms with E-state index < -0.39 is 0 Å². The number of aromatic amines is 1. The standard InChI is InChI=1S/C19H17N3O/c1-2-11-23-16-9-7-14(8-10-16)12-15(13-20)19-21-17-5-3-4-6-18(17)22-19/h3-10,12H,2,11H2,1H3,(H,21,22)/b15-12-. The number of allylic oxidation sites excluding steroid dienone is 1. The Labute approximate surface area is 135 Å². The molecule has 23 heavy (non-hydrogen) atoms. The van der Waals surface area contributed by atoms with Gasteiger partial charge in [0, 0.05) is 0 Å². The van der Waals surface area contributed by atoms with Gasteiger partial charge in [0.15, 0.2) is 0 Å². The van der Waals surface area contributed by atoms with Crippen LogP contribution in [0, 0.1) is 11.3 Å². The van der Waals surface area contributed by atoms with Gasteiger partial charge in [-0.3, -0.25) is 0 Å². The maximum atomic E-state index is 9.43. The number of hydrogen-bond donors (Lipinski definition) is 1. The summed E-state index contributed by atoms with van der Waals surface area (Å²) in [6, 6.07) is 17.6. The Morgan fingerprint density at radius 3 is 2.70 bits per heavy atom. The van der Waals surface area contributed by atoms with Crippen molar-refractivity contribution >= 4 is 22.7 Å². The van der Waals surface area contributed by atoms with E-state index in [1.54, 1.807) is 0 Å². The minimum Gasteiger partial charge on any atom is -0.494 e. The van der Waals surface area contributed by atoms with E-state index in [-0.39, 0.29) is 0 Å². The van der Waals surface area contributed by atoms with Crippen molar-refractivity contribution < 1.29 is 4.74 Å². The van der Waals surface area contributed by atoms with Crippen LogP contribution >= 0.6 is 0 Å². The summed E-state index contributed by atoms with van der Waals surface area (Å²) in [6.45, 7) is 2.78. The second-order valence-corrected chi connectivity index (χ2v) is 5.19. The highest BCUT2D eigenvalue weighted by Gasteiger charge is 2.07. The Kier molecular flexibility index (Phi) is 4.39. The molecule has 1 heterocycles. The SMILES string of the molecule is CCCOc1ccc(/C=C(/C#N)c2nc3ccccc3[nH]2)cc1. The van der Waals surface area contributed by atoms with E-state index in [9.17, 15) is 5.26 Å². The van der Waals surface area contributed by atoms with Gasteiger partial charge in [-0.1, -0.05) is 31.2 Å². The first-order valence-electron chi connectivity index (χ1n) is 7.60. The van der Waals surface area contributed by atoms with E-state index in [1.807, 2.05) is 54.6 Å². The van der Waals surface area contributed by atoms with E-state index in [1.165, 1.54) is 0 Å². The number of nitrogens with one attached hydrogen (secondary N) is 1. The highest BCUT2D eigenvalue weighted by atomic mass is 16.5. The zero-order valence-electron chi connectivity index (χ0n) is 12.9. The zero-order valence-corrected chi connectivity index (χ0v) is 12.9. The van der Waals surface area contributed by atoms with Crippen molar-refractivity contribution in [2.45, 2.75) is 13.3 Å². The maximum absolute atomic E-state index is 9.43. The average Bonchev–Trinajstić information content (AvgIpc) is 3.02. The van der Waals surface area contributed by atoms with E-state index in [0.29, 0.717) is 18.0 Å². The summed E-state index contributed by atoms with van der Waals surface area (Å²) in [6.07, 6.45) is 2.80. The van der Waals surface area contributed by atoms with Gasteiger partial charge in [0.05, 0.1) is 23.2 Å². The van der Waals surface area contributed by atoms with Gasteiger partial charge in [0.2, 0.25) is 0 Å². The van der Waals surface area contributed by atoms with Gasteiger partial charge in [0.1, 0.15) is 17.6 Å². The summed E-state index contributed by atoms with van der Waals surface area (Å²) in [7, 11) is 0. The number of para-hydroxylation sites is 2. The molecule has 4 heteroatoms. The summed E-state index contributed by atoms with van der Waals surface area (Å²) in [5.74, 6) is 1.42. The molecular weight excluding hydrogens is 286 g/mol. The number of nitriles is 1. The monoisotopic (exact) mass is 303 g/mol. The molecule has 1 N–H and O–H groups in total. The van der Waals surface area contributed by atoms with Gasteiger partial charge in [0.25, 0.3) is 0 Å². The Bertz CT molecular complexity index is 837. The third-order valence-corrected chi connectivity index (χ3v) is 3.43. The van der Waals surface area contributed by atoms with Crippen LogP contribution < -0.4 is 4.74 Å². The van der Waals surface area contributed by atoms with Crippen molar-refractivity contribution in [3.05, 3.63) is 59.9 Å². The van der Waals surface area contributed by atoms with Crippen LogP contribution in [0.3, 0.4) is 0 Å². The number of fused-ring (bicyclic) bond motifs is 1. The van der Waals surface area contributed by atoms with Crippen LogP contribution in [0.1, 0.15) is 24.7 Å². The predicted octanol–water partition coefficient (Wildman–Crippen LogP) is 4.42. The molecule has 0 radical (unpaired) electrons. The van der Waals surface area contributed by atoms with Gasteiger partial charge in [-0.15, -0.1) is 0 Å². The minimum atomic E-state index is 0.503. The molecule has 0 unspecified atom stereocenters. The second kappa shape index (κ2) is 6.80. The van der Waals surface area contributed by atoms with Crippen LogP contribution in [-0.4, -0.2) is 16.6 Å². The first-order chi connectivity index (χ1) is 11.3. The Balaban J connectivity index is 1.88. The number of aromatic nitrogens is 2. The lowest BCUT2D eigenvalue weighted by atomic mass is 10.1. The largest absolute Gasteiger partial charge is 0.494 e. The minimum absolute atomic E-state index is 0.503. The fourth-order valence-electron chi connectivity index (χ4n) is 2.28. The number of rotatable bonds is 5. The number of hydrogen-bond acceptors (Lipinski definition) is 3. The Morgan fingerprint density at radius 1 is 1.22 bits per heavy atom. The smallest absolute Gasteiger partial charge is 0.149 e. The number of imidazole rings is 1. The normalized spacial score (nSPS) is 11.4. The highest BCUT2D eigenvalue weighted by molar-refractivity contribution is 5.90. The molecule has 0 bridgehead atoms. The fraction of sp³-hybridized carbons (Fsp3) is 0.158. The van der Waals surface area contributed by atoms with Crippen LogP contribution in [0.2, 0.25) is 0 Å². The molecule has 0 aliphatic heterocycles. The summed E-state index contributed by atoms with van der Waals surface area (Å²) in [4.78, 5) is 7.65. The van der Waals surface area contributed by atoms with Crippen LogP contribution in [0.4, 0.5) is 0 Å². The Morgan fingerprint density at radius 2 is 2.00 bits per heavy atom. The number of nitrogens with zero attached hydrogens (tertiary/aromatic N) is 2. The maximum Gasteiger partial charge on any atom is 0.149 e. The van der Waals surface area contributed by atoms with E-state index in [2.05, 4.69) is 23.0 Å². The number of ether oxygens (including phenoxy) is 1. The van der Waals surface area contributed by atoms with Crippen LogP contribution in [0.5, 0.6) is 5.75 Å². The van der Waals surface area contributed by atoms with Crippen LogP contribution in [0.25, 0.3) is 22.7 Å². The lowest BCUT2D eigenvalue weighted by Gasteiger charge is -2.04. The quantitative estimate of drug-likeness (QED) is 0.710. The molecule has 0 saturated heterocycles. The number of H-pyrrole nitrogens is 1. The van der Waals surface area contributed by atoms with Crippen molar-refractivity contribution in [3.8, 4) is 11.8 Å². The fourth-order valence-corrected chi connectivity index (χ4v) is 2.28. The van der Waals surface area contributed by atoms with Gasteiger partial charge in [-0.2, -0.15) is 5.26 Å². The topological polar surface area (TPSA) is 61.7 Å². The molecule has 0 amide bonds. The zero-order chi connectivity index (χ0) is 16.1. The van der Waals surface area contributed by atoms with Crippen molar-refractivity contribution in [1.29, 1.82) is 5.26 Å². The van der Waals surface area contributed by atoms with Crippen molar-refractivity contribution in [1.82, 2.24) is 9.97 Å². The third-order valence-electron chi connectivity index (χ3n) is 3.43. The van der Waals surface area contributed by atoms with Crippen LogP contribution in [-0.2, 0) is 0 Å². The van der Waals surface area contributed by atoms with Gasteiger partial charge >= 0.3 is 0 Å². The molecular formula is C19H17N3O. The highest BCUT2D eigenvalue weighted by Crippen LogP contribution is 2.20. The lowest BCUT2D eigenvalue weighted by molar-refractivity contribution is 0.317. The third kappa shape index (κ3) is 3.41. The van der Waals surface area contributed by atoms with Gasteiger partial charge in [-0.05, 0) is 42.3 Å². The molecule has 0 aliphatic carbocycles. The molecule has 0 saturated carbocycles. The molecule has 0 fully saturated rings. The molecule has 0 spiro atoms.